The van der Waals surface area contributed by atoms with Crippen LogP contribution in [0.1, 0.15) is 53.9 Å². The largest absolute Gasteiger partial charge is 0.488 e. The van der Waals surface area contributed by atoms with Crippen molar-refractivity contribution in [2.24, 2.45) is 0 Å². The van der Waals surface area contributed by atoms with E-state index in [1.165, 1.54) is 24.3 Å². The number of carbonyl (C=O) groups excluding carboxylic acids is 1. The molecule has 182 valence electrons. The van der Waals surface area contributed by atoms with E-state index in [-0.39, 0.29) is 23.4 Å². The van der Waals surface area contributed by atoms with Crippen LogP contribution in [0, 0.1) is 11.6 Å². The molecule has 1 unspecified atom stereocenters. The Morgan fingerprint density at radius 3 is 2.38 bits per heavy atom. The zero-order valence-corrected chi connectivity index (χ0v) is 19.5. The van der Waals surface area contributed by atoms with E-state index in [0.717, 1.165) is 54.2 Å². The van der Waals surface area contributed by atoms with Crippen LogP contribution < -0.4 is 14.4 Å². The van der Waals surface area contributed by atoms with E-state index in [1.54, 1.807) is 12.1 Å². The van der Waals surface area contributed by atoms with Crippen LogP contribution >= 0.6 is 0 Å². The van der Waals surface area contributed by atoms with Gasteiger partial charge in [0.2, 0.25) is 0 Å². The molecule has 2 aromatic rings. The van der Waals surface area contributed by atoms with Crippen molar-refractivity contribution in [3.05, 3.63) is 59.2 Å². The summed E-state index contributed by atoms with van der Waals surface area (Å²) in [5.41, 5.74) is 1.33. The number of halogens is 2. The SMILES string of the molecule is O=C(NS(=O)(=O)N1CCC1)c1cc(C2CC2)c(OC2CCCN(c3ccc(F)cc3)C2)cc1F. The number of piperidine rings is 1. The molecule has 7 nitrogen and oxygen atoms in total. The van der Waals surface area contributed by atoms with Gasteiger partial charge in [-0.05, 0) is 73.9 Å². The lowest BCUT2D eigenvalue weighted by Gasteiger charge is -2.35. The Kier molecular flexibility index (Phi) is 6.20. The maximum absolute atomic E-state index is 15.0. The van der Waals surface area contributed by atoms with Crippen LogP contribution in [0.2, 0.25) is 0 Å². The number of nitrogens with one attached hydrogen (secondary N) is 1. The standard InChI is InChI=1S/C24H27F2N3O4S/c25-17-6-8-18(9-7-17)28-10-1-3-19(15-28)33-23-14-22(26)21(13-20(23)16-4-5-16)24(30)27-34(31,32)29-11-2-12-29/h6-9,13-14,16,19H,1-5,10-12,15H2,(H,27,30). The Bertz CT molecular complexity index is 1180. The quantitative estimate of drug-likeness (QED) is 0.641. The fourth-order valence-corrected chi connectivity index (χ4v) is 5.64. The molecule has 0 bridgehead atoms. The van der Waals surface area contributed by atoms with E-state index in [2.05, 4.69) is 4.90 Å². The Labute approximate surface area is 197 Å². The second kappa shape index (κ2) is 9.14. The van der Waals surface area contributed by atoms with E-state index in [9.17, 15) is 22.0 Å². The van der Waals surface area contributed by atoms with Crippen LogP contribution in [0.5, 0.6) is 5.75 Å². The van der Waals surface area contributed by atoms with Gasteiger partial charge in [-0.25, -0.2) is 13.5 Å². The molecule has 5 rings (SSSR count). The molecule has 34 heavy (non-hydrogen) atoms. The van der Waals surface area contributed by atoms with Crippen molar-refractivity contribution in [3.63, 3.8) is 0 Å². The van der Waals surface area contributed by atoms with E-state index in [0.29, 0.717) is 25.4 Å². The molecule has 0 radical (unpaired) electrons. The number of nitrogens with zero attached hydrogens (tertiary/aromatic N) is 2. The number of rotatable bonds is 7. The van der Waals surface area contributed by atoms with Crippen molar-refractivity contribution >= 4 is 21.8 Å². The van der Waals surface area contributed by atoms with Crippen LogP contribution in [-0.2, 0) is 10.2 Å². The summed E-state index contributed by atoms with van der Waals surface area (Å²) in [6.45, 7) is 2.09. The summed E-state index contributed by atoms with van der Waals surface area (Å²) in [4.78, 5) is 14.7. The molecule has 0 aromatic heterocycles. The summed E-state index contributed by atoms with van der Waals surface area (Å²) < 4.78 is 62.1. The average molecular weight is 492 g/mol. The molecular formula is C24H27F2N3O4S. The van der Waals surface area contributed by atoms with Gasteiger partial charge in [0.25, 0.3) is 5.91 Å². The van der Waals surface area contributed by atoms with E-state index in [1.807, 2.05) is 4.72 Å². The van der Waals surface area contributed by atoms with E-state index >= 15 is 0 Å². The first kappa shape index (κ1) is 23.0. The maximum atomic E-state index is 15.0. The van der Waals surface area contributed by atoms with Crippen LogP contribution in [0.25, 0.3) is 0 Å². The van der Waals surface area contributed by atoms with Gasteiger partial charge in [-0.15, -0.1) is 0 Å². The second-order valence-corrected chi connectivity index (χ2v) is 10.8. The molecule has 1 N–H and O–H groups in total. The first-order valence-electron chi connectivity index (χ1n) is 11.6. The predicted molar refractivity (Wildman–Crippen MR) is 123 cm³/mol. The number of carbonyl (C=O) groups is 1. The van der Waals surface area contributed by atoms with Gasteiger partial charge in [0, 0.05) is 31.4 Å². The van der Waals surface area contributed by atoms with E-state index < -0.39 is 21.9 Å². The first-order valence-corrected chi connectivity index (χ1v) is 13.1. The average Bonchev–Trinajstić information content (AvgIpc) is 3.58. The monoisotopic (exact) mass is 491 g/mol. The molecule has 1 amide bonds. The number of ether oxygens (including phenoxy) is 1. The van der Waals surface area contributed by atoms with Gasteiger partial charge >= 0.3 is 10.2 Å². The molecule has 2 heterocycles. The molecule has 2 saturated heterocycles. The number of anilines is 1. The highest BCUT2D eigenvalue weighted by Gasteiger charge is 2.33. The Morgan fingerprint density at radius 2 is 1.74 bits per heavy atom. The molecule has 2 aliphatic heterocycles. The topological polar surface area (TPSA) is 79.0 Å². The summed E-state index contributed by atoms with van der Waals surface area (Å²) in [7, 11) is -3.97. The normalized spacial score (nSPS) is 21.1. The van der Waals surface area contributed by atoms with Gasteiger partial charge in [0.1, 0.15) is 23.5 Å². The van der Waals surface area contributed by atoms with Crippen LogP contribution in [0.3, 0.4) is 0 Å². The van der Waals surface area contributed by atoms with Crippen molar-refractivity contribution < 1.29 is 26.7 Å². The molecule has 3 aliphatic rings. The molecule has 1 aliphatic carbocycles. The third kappa shape index (κ3) is 4.88. The van der Waals surface area contributed by atoms with Crippen molar-refractivity contribution in [2.75, 3.05) is 31.1 Å². The number of hydrogen-bond donors (Lipinski definition) is 1. The molecule has 3 fully saturated rings. The zero-order chi connectivity index (χ0) is 23.9. The van der Waals surface area contributed by atoms with Gasteiger partial charge in [0.05, 0.1) is 12.1 Å². The van der Waals surface area contributed by atoms with Gasteiger partial charge in [-0.3, -0.25) is 4.79 Å². The molecule has 10 heteroatoms. The molecule has 2 aromatic carbocycles. The number of benzene rings is 2. The number of hydrogen-bond acceptors (Lipinski definition) is 5. The zero-order valence-electron chi connectivity index (χ0n) is 18.7. The molecular weight excluding hydrogens is 464 g/mol. The lowest BCUT2D eigenvalue weighted by atomic mass is 10.0. The van der Waals surface area contributed by atoms with Crippen LogP contribution in [0.4, 0.5) is 14.5 Å². The fraction of sp³-hybridized carbons (Fsp3) is 0.458. The highest BCUT2D eigenvalue weighted by molar-refractivity contribution is 7.87. The lowest BCUT2D eigenvalue weighted by Crippen LogP contribution is -2.49. The van der Waals surface area contributed by atoms with Gasteiger partial charge in [0.15, 0.2) is 0 Å². The van der Waals surface area contributed by atoms with Gasteiger partial charge in [-0.2, -0.15) is 12.7 Å². The summed E-state index contributed by atoms with van der Waals surface area (Å²) in [6, 6.07) is 8.95. The lowest BCUT2D eigenvalue weighted by molar-refractivity contribution is 0.0973. The van der Waals surface area contributed by atoms with Crippen molar-refractivity contribution in [3.8, 4) is 5.75 Å². The summed E-state index contributed by atoms with van der Waals surface area (Å²) in [5, 5.41) is 0. The Morgan fingerprint density at radius 1 is 1.00 bits per heavy atom. The van der Waals surface area contributed by atoms with Gasteiger partial charge < -0.3 is 9.64 Å². The third-order valence-corrected chi connectivity index (χ3v) is 8.09. The highest BCUT2D eigenvalue weighted by atomic mass is 32.2. The third-order valence-electron chi connectivity index (χ3n) is 6.60. The molecule has 1 atom stereocenters. The highest BCUT2D eigenvalue weighted by Crippen LogP contribution is 2.45. The smallest absolute Gasteiger partial charge is 0.304 e. The van der Waals surface area contributed by atoms with Crippen LogP contribution in [-0.4, -0.2) is 50.9 Å². The molecule has 0 spiro atoms. The summed E-state index contributed by atoms with van der Waals surface area (Å²) in [5.74, 6) is -1.53. The molecule has 1 saturated carbocycles. The fourth-order valence-electron chi connectivity index (χ4n) is 4.43. The second-order valence-electron chi connectivity index (χ2n) is 9.14. The maximum Gasteiger partial charge on any atom is 0.304 e. The first-order chi connectivity index (χ1) is 16.3. The minimum absolute atomic E-state index is 0.158. The predicted octanol–water partition coefficient (Wildman–Crippen LogP) is 3.57. The Hall–Kier alpha value is -2.72. The van der Waals surface area contributed by atoms with Crippen LogP contribution in [0.15, 0.2) is 36.4 Å². The van der Waals surface area contributed by atoms with E-state index in [4.69, 9.17) is 4.74 Å². The van der Waals surface area contributed by atoms with Crippen molar-refractivity contribution in [1.82, 2.24) is 9.03 Å². The summed E-state index contributed by atoms with van der Waals surface area (Å²) in [6.07, 6.45) is 4.02. The minimum Gasteiger partial charge on any atom is -0.488 e. The number of amides is 1. The summed E-state index contributed by atoms with van der Waals surface area (Å²) >= 11 is 0. The van der Waals surface area contributed by atoms with Gasteiger partial charge in [-0.1, -0.05) is 0 Å². The minimum atomic E-state index is -3.97. The Balaban J connectivity index is 1.33. The van der Waals surface area contributed by atoms with Crippen molar-refractivity contribution in [2.45, 2.75) is 44.1 Å². The van der Waals surface area contributed by atoms with Crippen molar-refractivity contribution in [1.29, 1.82) is 0 Å².